The number of nitrogens with two attached hydrogens (primary N) is 1. The minimum absolute atomic E-state index is 0.675. The first kappa shape index (κ1) is 7.67. The Hall–Kier alpha value is -0.333. The Morgan fingerprint density at radius 2 is 2.38 bits per heavy atom. The van der Waals surface area contributed by atoms with E-state index >= 15 is 0 Å². The molecule has 0 aromatic heterocycles. The van der Waals surface area contributed by atoms with Crippen LogP contribution in [0.3, 0.4) is 0 Å². The topological polar surface area (TPSA) is 49.8 Å². The molecule has 0 aromatic rings. The molecule has 0 saturated heterocycles. The van der Waals surface area contributed by atoms with E-state index in [0.717, 1.165) is 12.5 Å². The Morgan fingerprint density at radius 3 is 2.75 bits per heavy atom. The van der Waals surface area contributed by atoms with Crippen molar-refractivity contribution in [3.63, 3.8) is 0 Å². The van der Waals surface area contributed by atoms with Crippen molar-refractivity contribution in [3.05, 3.63) is 0 Å². The van der Waals surface area contributed by atoms with Gasteiger partial charge in [-0.2, -0.15) is 5.26 Å². The highest BCUT2D eigenvalue weighted by Crippen LogP contribution is 1.94. The Kier molecular flexibility index (Phi) is 4.62. The van der Waals surface area contributed by atoms with Crippen LogP contribution in [0.2, 0.25) is 12.6 Å². The van der Waals surface area contributed by atoms with Gasteiger partial charge in [0.1, 0.15) is 8.96 Å². The zero-order valence-electron chi connectivity index (χ0n) is 5.22. The van der Waals surface area contributed by atoms with Crippen molar-refractivity contribution in [1.29, 1.82) is 5.26 Å². The molecule has 2 N–H and O–H groups in total. The minimum atomic E-state index is -0.853. The van der Waals surface area contributed by atoms with E-state index in [4.69, 9.17) is 10.7 Å². The molecule has 0 rings (SSSR count). The van der Waals surface area contributed by atoms with Gasteiger partial charge < -0.3 is 5.40 Å². The summed E-state index contributed by atoms with van der Waals surface area (Å²) < 4.78 is 0. The third-order valence-electron chi connectivity index (χ3n) is 0.948. The van der Waals surface area contributed by atoms with Gasteiger partial charge in [0.25, 0.3) is 0 Å². The van der Waals surface area contributed by atoms with E-state index in [1.807, 2.05) is 0 Å². The molecule has 0 aliphatic rings. The Balaban J connectivity index is 2.85. The highest BCUT2D eigenvalue weighted by atomic mass is 28.3. The summed E-state index contributed by atoms with van der Waals surface area (Å²) in [7, 11) is -0.853. The molecule has 0 amide bonds. The normalized spacial score (nSPS) is 12.6. The molecule has 0 aliphatic heterocycles. The van der Waals surface area contributed by atoms with E-state index in [1.165, 1.54) is 0 Å². The molecular formula is C5H12N2Si. The summed E-state index contributed by atoms with van der Waals surface area (Å²) in [5.74, 6) is 0. The smallest absolute Gasteiger partial charge is 0.103 e. The lowest BCUT2D eigenvalue weighted by atomic mass is 10.4. The lowest BCUT2D eigenvalue weighted by Gasteiger charge is -1.96. The third kappa shape index (κ3) is 5.67. The highest BCUT2D eigenvalue weighted by molar-refractivity contribution is 6.53. The molecular weight excluding hydrogens is 116 g/mol. The van der Waals surface area contributed by atoms with Gasteiger partial charge in [-0.15, -0.1) is 0 Å². The first-order valence-electron chi connectivity index (χ1n) is 2.90. The predicted octanol–water partition coefficient (Wildman–Crippen LogP) is 0.602. The molecule has 1 unspecified atom stereocenters. The average Bonchev–Trinajstić information content (AvgIpc) is 1.66. The lowest BCUT2D eigenvalue weighted by molar-refractivity contribution is 0.951. The van der Waals surface area contributed by atoms with Gasteiger partial charge in [-0.1, -0.05) is 6.55 Å². The van der Waals surface area contributed by atoms with Crippen LogP contribution in [0.25, 0.3) is 0 Å². The van der Waals surface area contributed by atoms with Gasteiger partial charge in [0, 0.05) is 6.42 Å². The van der Waals surface area contributed by atoms with Crippen LogP contribution in [0.4, 0.5) is 0 Å². The van der Waals surface area contributed by atoms with Crippen LogP contribution in [0.15, 0.2) is 0 Å². The first-order chi connectivity index (χ1) is 3.77. The van der Waals surface area contributed by atoms with Gasteiger partial charge in [0.15, 0.2) is 0 Å². The number of nitrogens with zero attached hydrogens (tertiary/aromatic N) is 1. The molecule has 3 heteroatoms. The highest BCUT2D eigenvalue weighted by Gasteiger charge is 1.93. The van der Waals surface area contributed by atoms with Crippen LogP contribution >= 0.6 is 0 Å². The van der Waals surface area contributed by atoms with E-state index < -0.39 is 8.96 Å². The summed E-state index contributed by atoms with van der Waals surface area (Å²) in [5, 5.41) is 13.7. The Morgan fingerprint density at radius 1 is 1.75 bits per heavy atom. The Labute approximate surface area is 52.0 Å². The average molecular weight is 128 g/mol. The van der Waals surface area contributed by atoms with E-state index in [9.17, 15) is 0 Å². The molecule has 0 radical (unpaired) electrons. The Bertz CT molecular complexity index is 84.9. The maximum atomic E-state index is 8.10. The summed E-state index contributed by atoms with van der Waals surface area (Å²) in [5.41, 5.74) is 0. The second-order valence-corrected chi connectivity index (χ2v) is 4.56. The second kappa shape index (κ2) is 4.82. The molecule has 0 spiro atoms. The maximum absolute atomic E-state index is 8.10. The van der Waals surface area contributed by atoms with E-state index in [2.05, 4.69) is 12.6 Å². The number of hydrogen-bond acceptors (Lipinski definition) is 2. The van der Waals surface area contributed by atoms with Gasteiger partial charge in [-0.3, -0.25) is 0 Å². The van der Waals surface area contributed by atoms with Crippen molar-refractivity contribution in [2.45, 2.75) is 25.4 Å². The van der Waals surface area contributed by atoms with Gasteiger partial charge in [0.2, 0.25) is 0 Å². The summed E-state index contributed by atoms with van der Waals surface area (Å²) in [6.45, 7) is 2.09. The SMILES string of the molecule is C[SiH](N)CCCC#N. The fraction of sp³-hybridized carbons (Fsp3) is 0.800. The number of nitriles is 1. The van der Waals surface area contributed by atoms with Gasteiger partial charge >= 0.3 is 0 Å². The van der Waals surface area contributed by atoms with Crippen molar-refractivity contribution in [2.24, 2.45) is 5.40 Å². The summed E-state index contributed by atoms with van der Waals surface area (Å²) in [6.07, 6.45) is 1.68. The van der Waals surface area contributed by atoms with E-state index in [0.29, 0.717) is 6.42 Å². The van der Waals surface area contributed by atoms with E-state index in [1.54, 1.807) is 0 Å². The third-order valence-corrected chi connectivity index (χ3v) is 2.27. The van der Waals surface area contributed by atoms with Crippen molar-refractivity contribution < 1.29 is 0 Å². The van der Waals surface area contributed by atoms with Crippen LogP contribution in [0.1, 0.15) is 12.8 Å². The molecule has 2 nitrogen and oxygen atoms in total. The van der Waals surface area contributed by atoms with Crippen LogP contribution < -0.4 is 5.40 Å². The summed E-state index contributed by atoms with van der Waals surface area (Å²) in [4.78, 5) is 0. The van der Waals surface area contributed by atoms with Gasteiger partial charge in [-0.05, 0) is 12.5 Å². The summed E-state index contributed by atoms with van der Waals surface area (Å²) >= 11 is 0. The molecule has 0 fully saturated rings. The summed E-state index contributed by atoms with van der Waals surface area (Å²) in [6, 6.07) is 3.19. The molecule has 0 aromatic carbocycles. The largest absolute Gasteiger partial charge is 0.353 e. The number of unbranched alkanes of at least 4 members (excludes halogenated alkanes) is 1. The molecule has 1 atom stereocenters. The van der Waals surface area contributed by atoms with Crippen molar-refractivity contribution >= 4 is 8.96 Å². The van der Waals surface area contributed by atoms with Gasteiger partial charge in [-0.25, -0.2) is 0 Å². The molecule has 0 heterocycles. The number of hydrogen-bond donors (Lipinski definition) is 1. The molecule has 0 bridgehead atoms. The molecule has 8 heavy (non-hydrogen) atoms. The van der Waals surface area contributed by atoms with Crippen molar-refractivity contribution in [1.82, 2.24) is 0 Å². The monoisotopic (exact) mass is 128 g/mol. The van der Waals surface area contributed by atoms with Crippen LogP contribution in [-0.4, -0.2) is 8.96 Å². The van der Waals surface area contributed by atoms with Crippen molar-refractivity contribution in [3.8, 4) is 6.07 Å². The molecule has 0 saturated carbocycles. The zero-order chi connectivity index (χ0) is 6.41. The van der Waals surface area contributed by atoms with Gasteiger partial charge in [0.05, 0.1) is 6.07 Å². The second-order valence-electron chi connectivity index (χ2n) is 2.03. The number of rotatable bonds is 3. The van der Waals surface area contributed by atoms with Crippen LogP contribution in [-0.2, 0) is 0 Å². The quantitative estimate of drug-likeness (QED) is 0.447. The predicted molar refractivity (Wildman–Crippen MR) is 36.9 cm³/mol. The van der Waals surface area contributed by atoms with Crippen LogP contribution in [0.5, 0.6) is 0 Å². The maximum Gasteiger partial charge on any atom is 0.103 e. The zero-order valence-corrected chi connectivity index (χ0v) is 6.38. The minimum Gasteiger partial charge on any atom is -0.353 e. The van der Waals surface area contributed by atoms with Crippen molar-refractivity contribution in [2.75, 3.05) is 0 Å². The van der Waals surface area contributed by atoms with E-state index in [-0.39, 0.29) is 0 Å². The standard InChI is InChI=1S/C5H12N2Si/c1-8(7)5-3-2-4-6/h8H,2-3,5,7H2,1H3. The first-order valence-corrected chi connectivity index (χ1v) is 5.53. The molecule has 0 aliphatic carbocycles. The fourth-order valence-corrected chi connectivity index (χ4v) is 1.35. The lowest BCUT2D eigenvalue weighted by Crippen LogP contribution is -2.19. The fourth-order valence-electron chi connectivity index (χ4n) is 0.503. The van der Waals surface area contributed by atoms with Crippen LogP contribution in [0, 0.1) is 11.3 Å². The molecule has 46 valence electrons.